The lowest BCUT2D eigenvalue weighted by molar-refractivity contribution is 0.482. The normalized spacial score (nSPS) is 14.9. The van der Waals surface area contributed by atoms with Crippen LogP contribution < -0.4 is 5.73 Å². The molecule has 1 atom stereocenters. The van der Waals surface area contributed by atoms with Gasteiger partial charge in [-0.1, -0.05) is 37.3 Å². The molecule has 1 aromatic carbocycles. The molecule has 0 bridgehead atoms. The number of hydrogen-bond donors (Lipinski definition) is 1. The number of nitrogens with two attached hydrogens (primary N) is 1. The van der Waals surface area contributed by atoms with Gasteiger partial charge < -0.3 is 5.73 Å². The molecule has 0 aliphatic rings. The molecule has 2 N–H and O–H groups in total. The van der Waals surface area contributed by atoms with Gasteiger partial charge in [0.2, 0.25) is 0 Å². The maximum atomic E-state index is 6.49. The molecule has 1 aromatic rings. The summed E-state index contributed by atoms with van der Waals surface area (Å²) in [4.78, 5) is -0.107. The van der Waals surface area contributed by atoms with Gasteiger partial charge in [0.1, 0.15) is 0 Å². The van der Waals surface area contributed by atoms with Crippen molar-refractivity contribution in [2.24, 2.45) is 5.73 Å². The third-order valence-corrected chi connectivity index (χ3v) is 3.58. The monoisotopic (exact) mass is 225 g/mol. The maximum absolute atomic E-state index is 6.49. The van der Waals surface area contributed by atoms with Crippen LogP contribution in [-0.4, -0.2) is 11.4 Å². The van der Waals surface area contributed by atoms with E-state index in [-0.39, 0.29) is 4.87 Å². The molecule has 0 heterocycles. The summed E-state index contributed by atoms with van der Waals surface area (Å²) in [5.74, 6) is 0. The van der Waals surface area contributed by atoms with Gasteiger partial charge in [-0.2, -0.15) is 0 Å². The molecular formula is C13H20ClN. The second kappa shape index (κ2) is 6.14. The molecule has 1 unspecified atom stereocenters. The van der Waals surface area contributed by atoms with E-state index in [0.29, 0.717) is 6.54 Å². The molecule has 0 saturated carbocycles. The van der Waals surface area contributed by atoms with Crippen molar-refractivity contribution in [3.05, 3.63) is 35.9 Å². The van der Waals surface area contributed by atoms with Gasteiger partial charge in [-0.15, -0.1) is 11.6 Å². The first kappa shape index (κ1) is 12.5. The minimum atomic E-state index is -0.107. The highest BCUT2D eigenvalue weighted by Gasteiger charge is 2.23. The Hall–Kier alpha value is -0.530. The van der Waals surface area contributed by atoms with Gasteiger partial charge >= 0.3 is 0 Å². The average molecular weight is 226 g/mol. The van der Waals surface area contributed by atoms with Crippen LogP contribution in [0.2, 0.25) is 0 Å². The summed E-state index contributed by atoms with van der Waals surface area (Å²) in [7, 11) is 0. The Balaban J connectivity index is 2.47. The third kappa shape index (κ3) is 4.23. The molecule has 15 heavy (non-hydrogen) atoms. The fraction of sp³-hybridized carbons (Fsp3) is 0.538. The van der Waals surface area contributed by atoms with Crippen LogP contribution in [0.25, 0.3) is 0 Å². The molecule has 1 rings (SSSR count). The Morgan fingerprint density at radius 2 is 1.87 bits per heavy atom. The van der Waals surface area contributed by atoms with Crippen molar-refractivity contribution in [2.45, 2.75) is 37.5 Å². The van der Waals surface area contributed by atoms with E-state index in [1.165, 1.54) is 5.56 Å². The molecule has 0 amide bonds. The third-order valence-electron chi connectivity index (χ3n) is 2.93. The quantitative estimate of drug-likeness (QED) is 0.739. The van der Waals surface area contributed by atoms with E-state index in [0.717, 1.165) is 25.7 Å². The van der Waals surface area contributed by atoms with Gasteiger partial charge in [-0.05, 0) is 37.8 Å². The molecular weight excluding hydrogens is 206 g/mol. The van der Waals surface area contributed by atoms with E-state index in [1.807, 2.05) is 6.07 Å². The Morgan fingerprint density at radius 3 is 2.40 bits per heavy atom. The lowest BCUT2D eigenvalue weighted by Gasteiger charge is -2.24. The summed E-state index contributed by atoms with van der Waals surface area (Å²) in [5, 5.41) is 0. The van der Waals surface area contributed by atoms with E-state index in [4.69, 9.17) is 17.3 Å². The second-order valence-electron chi connectivity index (χ2n) is 4.03. The van der Waals surface area contributed by atoms with Gasteiger partial charge in [0.05, 0.1) is 0 Å². The average Bonchev–Trinajstić information content (AvgIpc) is 2.28. The van der Waals surface area contributed by atoms with Crippen molar-refractivity contribution in [1.29, 1.82) is 0 Å². The van der Waals surface area contributed by atoms with Crippen LogP contribution in [0.5, 0.6) is 0 Å². The number of rotatable bonds is 6. The Morgan fingerprint density at radius 1 is 1.20 bits per heavy atom. The van der Waals surface area contributed by atoms with Gasteiger partial charge in [-0.25, -0.2) is 0 Å². The zero-order valence-corrected chi connectivity index (χ0v) is 10.1. The maximum Gasteiger partial charge on any atom is 0.0459 e. The standard InChI is InChI=1S/C13H20ClN/c1-2-13(14,10-11-15)9-8-12-6-4-3-5-7-12/h3-7H,2,8-11,15H2,1H3. The van der Waals surface area contributed by atoms with Crippen LogP contribution >= 0.6 is 11.6 Å². The first-order valence-electron chi connectivity index (χ1n) is 5.63. The van der Waals surface area contributed by atoms with E-state index in [9.17, 15) is 0 Å². The van der Waals surface area contributed by atoms with Crippen LogP contribution in [0.3, 0.4) is 0 Å². The van der Waals surface area contributed by atoms with E-state index < -0.39 is 0 Å². The predicted molar refractivity (Wildman–Crippen MR) is 67.3 cm³/mol. The Kier molecular flexibility index (Phi) is 5.13. The minimum absolute atomic E-state index is 0.107. The van der Waals surface area contributed by atoms with Crippen molar-refractivity contribution >= 4 is 11.6 Å². The van der Waals surface area contributed by atoms with Crippen LogP contribution in [-0.2, 0) is 6.42 Å². The van der Waals surface area contributed by atoms with Gasteiger partial charge in [-0.3, -0.25) is 0 Å². The topological polar surface area (TPSA) is 26.0 Å². The van der Waals surface area contributed by atoms with Crippen molar-refractivity contribution in [3.8, 4) is 0 Å². The van der Waals surface area contributed by atoms with Crippen LogP contribution in [0, 0.1) is 0 Å². The fourth-order valence-electron chi connectivity index (χ4n) is 1.75. The SMILES string of the molecule is CCC(Cl)(CCN)CCc1ccccc1. The Labute approximate surface area is 97.6 Å². The highest BCUT2D eigenvalue weighted by atomic mass is 35.5. The molecule has 1 nitrogen and oxygen atoms in total. The summed E-state index contributed by atoms with van der Waals surface area (Å²) in [6, 6.07) is 10.5. The summed E-state index contributed by atoms with van der Waals surface area (Å²) < 4.78 is 0. The van der Waals surface area contributed by atoms with E-state index in [2.05, 4.69) is 31.2 Å². The molecule has 0 saturated heterocycles. The summed E-state index contributed by atoms with van der Waals surface area (Å²) >= 11 is 6.49. The number of halogens is 1. The predicted octanol–water partition coefficient (Wildman–Crippen LogP) is 3.36. The summed E-state index contributed by atoms with van der Waals surface area (Å²) in [5.41, 5.74) is 6.93. The first-order valence-corrected chi connectivity index (χ1v) is 6.01. The molecule has 0 radical (unpaired) electrons. The van der Waals surface area contributed by atoms with E-state index >= 15 is 0 Å². The number of hydrogen-bond acceptors (Lipinski definition) is 1. The van der Waals surface area contributed by atoms with Crippen LogP contribution in [0.1, 0.15) is 31.7 Å². The number of benzene rings is 1. The highest BCUT2D eigenvalue weighted by Crippen LogP contribution is 2.29. The fourth-order valence-corrected chi connectivity index (χ4v) is 1.95. The largest absolute Gasteiger partial charge is 0.330 e. The van der Waals surface area contributed by atoms with Crippen molar-refractivity contribution in [1.82, 2.24) is 0 Å². The minimum Gasteiger partial charge on any atom is -0.330 e. The molecule has 0 aliphatic carbocycles. The van der Waals surface area contributed by atoms with Gasteiger partial charge in [0, 0.05) is 4.87 Å². The van der Waals surface area contributed by atoms with Crippen molar-refractivity contribution in [3.63, 3.8) is 0 Å². The number of aryl methyl sites for hydroxylation is 1. The smallest absolute Gasteiger partial charge is 0.0459 e. The molecule has 0 aromatic heterocycles. The van der Waals surface area contributed by atoms with Crippen LogP contribution in [0.4, 0.5) is 0 Å². The molecule has 2 heteroatoms. The van der Waals surface area contributed by atoms with Gasteiger partial charge in [0.25, 0.3) is 0 Å². The second-order valence-corrected chi connectivity index (χ2v) is 4.83. The number of alkyl halides is 1. The highest BCUT2D eigenvalue weighted by molar-refractivity contribution is 6.23. The first-order chi connectivity index (χ1) is 7.20. The summed E-state index contributed by atoms with van der Waals surface area (Å²) in [6.07, 6.45) is 3.93. The zero-order chi connectivity index (χ0) is 11.1. The lowest BCUT2D eigenvalue weighted by atomic mass is 9.93. The molecule has 0 aliphatic heterocycles. The molecule has 84 valence electrons. The van der Waals surface area contributed by atoms with Crippen molar-refractivity contribution < 1.29 is 0 Å². The Bertz CT molecular complexity index is 273. The van der Waals surface area contributed by atoms with E-state index in [1.54, 1.807) is 0 Å². The summed E-state index contributed by atoms with van der Waals surface area (Å²) in [6.45, 7) is 2.81. The molecule has 0 spiro atoms. The van der Waals surface area contributed by atoms with Crippen LogP contribution in [0.15, 0.2) is 30.3 Å². The molecule has 0 fully saturated rings. The lowest BCUT2D eigenvalue weighted by Crippen LogP contribution is -2.25. The van der Waals surface area contributed by atoms with Crippen molar-refractivity contribution in [2.75, 3.05) is 6.54 Å². The zero-order valence-electron chi connectivity index (χ0n) is 9.38. The van der Waals surface area contributed by atoms with Gasteiger partial charge in [0.15, 0.2) is 0 Å².